The molecule has 11 heteroatoms. The van der Waals surface area contributed by atoms with Crippen LogP contribution in [-0.2, 0) is 13.0 Å². The number of anilines is 1. The smallest absolute Gasteiger partial charge is 0.272 e. The van der Waals surface area contributed by atoms with Gasteiger partial charge in [-0.1, -0.05) is 37.8 Å². The van der Waals surface area contributed by atoms with Crippen LogP contribution in [0.4, 0.5) is 14.6 Å². The van der Waals surface area contributed by atoms with Gasteiger partial charge in [-0.3, -0.25) is 14.7 Å². The predicted molar refractivity (Wildman–Crippen MR) is 118 cm³/mol. The summed E-state index contributed by atoms with van der Waals surface area (Å²) in [7, 11) is 0. The van der Waals surface area contributed by atoms with Crippen molar-refractivity contribution in [3.8, 4) is 0 Å². The fourth-order valence-electron chi connectivity index (χ4n) is 3.20. The molecular formula is C22H24ClF2N5O3. The normalized spacial score (nSPS) is 10.9. The van der Waals surface area contributed by atoms with E-state index < -0.39 is 23.4 Å². The molecule has 3 aromatic rings. The second kappa shape index (κ2) is 11.0. The van der Waals surface area contributed by atoms with E-state index in [0.29, 0.717) is 23.8 Å². The summed E-state index contributed by atoms with van der Waals surface area (Å²) in [5.41, 5.74) is 0.577. The quantitative estimate of drug-likeness (QED) is 0.281. The van der Waals surface area contributed by atoms with Crippen molar-refractivity contribution >= 4 is 29.2 Å². The van der Waals surface area contributed by atoms with Crippen LogP contribution < -0.4 is 10.6 Å². The van der Waals surface area contributed by atoms with Crippen LogP contribution >= 0.6 is 11.6 Å². The third-order valence-electron chi connectivity index (χ3n) is 4.88. The fourth-order valence-corrected chi connectivity index (χ4v) is 3.44. The standard InChI is InChI=1S/C22H24ClF2N5O3/c1-3-4-5-6-7-17-19(33-12(2)27-17)11-26-22(32)18-10-20(30-29-18)28-21(31)13-8-15(24)16(25)9-14(13)23/h8-10H,3-7,11H2,1-2H3,(H,26,32)(H2,28,29,30,31). The van der Waals surface area contributed by atoms with E-state index in [-0.39, 0.29) is 28.6 Å². The first kappa shape index (κ1) is 24.4. The highest BCUT2D eigenvalue weighted by atomic mass is 35.5. The van der Waals surface area contributed by atoms with Crippen LogP contribution in [0.5, 0.6) is 0 Å². The van der Waals surface area contributed by atoms with Crippen molar-refractivity contribution in [1.82, 2.24) is 20.5 Å². The number of carbonyl (C=O) groups excluding carboxylic acids is 2. The summed E-state index contributed by atoms with van der Waals surface area (Å²) in [5, 5.41) is 11.2. The minimum absolute atomic E-state index is 0.0161. The SMILES string of the molecule is CCCCCCc1nc(C)oc1CNC(=O)c1cc(NC(=O)c2cc(F)c(F)cc2Cl)[nH]n1. The Morgan fingerprint density at radius 1 is 1.12 bits per heavy atom. The van der Waals surface area contributed by atoms with Gasteiger partial charge in [0.25, 0.3) is 11.8 Å². The number of oxazole rings is 1. The molecule has 0 aliphatic rings. The number of hydrogen-bond acceptors (Lipinski definition) is 5. The van der Waals surface area contributed by atoms with Gasteiger partial charge in [-0.2, -0.15) is 5.10 Å². The van der Waals surface area contributed by atoms with E-state index in [0.717, 1.165) is 37.8 Å². The number of amides is 2. The van der Waals surface area contributed by atoms with Gasteiger partial charge >= 0.3 is 0 Å². The second-order valence-corrected chi connectivity index (χ2v) is 7.87. The number of nitrogens with zero attached hydrogens (tertiary/aromatic N) is 2. The van der Waals surface area contributed by atoms with Crippen molar-refractivity contribution in [3.63, 3.8) is 0 Å². The van der Waals surface area contributed by atoms with E-state index >= 15 is 0 Å². The average Bonchev–Trinajstić information content (AvgIpc) is 3.38. The number of carbonyl (C=O) groups is 2. The molecule has 0 spiro atoms. The average molecular weight is 480 g/mol. The van der Waals surface area contributed by atoms with E-state index in [1.165, 1.54) is 6.07 Å². The minimum Gasteiger partial charge on any atom is -0.444 e. The van der Waals surface area contributed by atoms with Crippen LogP contribution in [0.25, 0.3) is 0 Å². The molecule has 2 aromatic heterocycles. The number of aromatic amines is 1. The lowest BCUT2D eigenvalue weighted by Crippen LogP contribution is -2.23. The largest absolute Gasteiger partial charge is 0.444 e. The monoisotopic (exact) mass is 479 g/mol. The summed E-state index contributed by atoms with van der Waals surface area (Å²) in [6, 6.07) is 2.70. The Kier molecular flexibility index (Phi) is 8.16. The maximum atomic E-state index is 13.4. The van der Waals surface area contributed by atoms with Crippen molar-refractivity contribution in [3.05, 3.63) is 63.5 Å². The maximum absolute atomic E-state index is 13.4. The number of halogens is 3. The summed E-state index contributed by atoms with van der Waals surface area (Å²) in [6.45, 7) is 4.04. The Balaban J connectivity index is 1.58. The lowest BCUT2D eigenvalue weighted by Gasteiger charge is -2.05. The van der Waals surface area contributed by atoms with Crippen LogP contribution in [-0.4, -0.2) is 27.0 Å². The van der Waals surface area contributed by atoms with Gasteiger partial charge in [0.05, 0.1) is 22.8 Å². The third-order valence-corrected chi connectivity index (χ3v) is 5.19. The summed E-state index contributed by atoms with van der Waals surface area (Å²) in [5.74, 6) is -2.45. The molecule has 8 nitrogen and oxygen atoms in total. The molecule has 176 valence electrons. The number of nitrogens with one attached hydrogen (secondary N) is 3. The topological polar surface area (TPSA) is 113 Å². The van der Waals surface area contributed by atoms with E-state index in [2.05, 4.69) is 32.7 Å². The highest BCUT2D eigenvalue weighted by Gasteiger charge is 2.18. The zero-order chi connectivity index (χ0) is 24.0. The molecule has 0 aliphatic heterocycles. The molecule has 0 bridgehead atoms. The Morgan fingerprint density at radius 2 is 1.88 bits per heavy atom. The Hall–Kier alpha value is -3.27. The molecule has 3 rings (SSSR count). The van der Waals surface area contributed by atoms with Gasteiger partial charge in [0.1, 0.15) is 11.6 Å². The summed E-state index contributed by atoms with van der Waals surface area (Å²) in [4.78, 5) is 29.2. The lowest BCUT2D eigenvalue weighted by molar-refractivity contribution is 0.0942. The Labute approximate surface area is 194 Å². The zero-order valence-corrected chi connectivity index (χ0v) is 19.0. The van der Waals surface area contributed by atoms with Gasteiger partial charge in [-0.15, -0.1) is 0 Å². The van der Waals surface area contributed by atoms with Crippen LogP contribution in [0.2, 0.25) is 5.02 Å². The zero-order valence-electron chi connectivity index (χ0n) is 18.2. The molecule has 0 saturated carbocycles. The van der Waals surface area contributed by atoms with E-state index in [4.69, 9.17) is 16.0 Å². The summed E-state index contributed by atoms with van der Waals surface area (Å²) in [6.07, 6.45) is 5.16. The van der Waals surface area contributed by atoms with Crippen molar-refractivity contribution in [2.45, 2.75) is 52.5 Å². The Morgan fingerprint density at radius 3 is 2.64 bits per heavy atom. The van der Waals surface area contributed by atoms with Crippen molar-refractivity contribution in [2.75, 3.05) is 5.32 Å². The number of hydrogen-bond donors (Lipinski definition) is 3. The number of benzene rings is 1. The van der Waals surface area contributed by atoms with Gasteiger partial charge in [-0.05, 0) is 25.0 Å². The van der Waals surface area contributed by atoms with Gasteiger partial charge < -0.3 is 15.1 Å². The molecule has 3 N–H and O–H groups in total. The first-order valence-electron chi connectivity index (χ1n) is 10.5. The third kappa shape index (κ3) is 6.38. The van der Waals surface area contributed by atoms with Crippen molar-refractivity contribution in [2.24, 2.45) is 0 Å². The molecule has 2 heterocycles. The fraction of sp³-hybridized carbons (Fsp3) is 0.364. The molecule has 2 amide bonds. The highest BCUT2D eigenvalue weighted by molar-refractivity contribution is 6.34. The van der Waals surface area contributed by atoms with Gasteiger partial charge in [0, 0.05) is 13.0 Å². The van der Waals surface area contributed by atoms with Gasteiger partial charge in [0.2, 0.25) is 0 Å². The number of rotatable bonds is 10. The predicted octanol–water partition coefficient (Wildman–Crippen LogP) is 4.94. The molecule has 0 aliphatic carbocycles. The van der Waals surface area contributed by atoms with Gasteiger partial charge in [0.15, 0.2) is 23.2 Å². The molecule has 0 fully saturated rings. The molecule has 0 saturated heterocycles. The van der Waals surface area contributed by atoms with Crippen LogP contribution in [0.1, 0.15) is 70.8 Å². The number of aryl methyl sites for hydroxylation is 2. The van der Waals surface area contributed by atoms with Crippen molar-refractivity contribution in [1.29, 1.82) is 0 Å². The number of unbranched alkanes of at least 4 members (excludes halogenated alkanes) is 3. The summed E-state index contributed by atoms with van der Waals surface area (Å²) >= 11 is 5.81. The van der Waals surface area contributed by atoms with Crippen LogP contribution in [0, 0.1) is 18.6 Å². The van der Waals surface area contributed by atoms with Crippen LogP contribution in [0.3, 0.4) is 0 Å². The highest BCUT2D eigenvalue weighted by Crippen LogP contribution is 2.21. The minimum atomic E-state index is -1.21. The Bertz CT molecular complexity index is 1150. The second-order valence-electron chi connectivity index (χ2n) is 7.46. The first-order valence-corrected chi connectivity index (χ1v) is 10.9. The van der Waals surface area contributed by atoms with Crippen molar-refractivity contribution < 1.29 is 22.8 Å². The lowest BCUT2D eigenvalue weighted by atomic mass is 10.1. The van der Waals surface area contributed by atoms with E-state index in [1.807, 2.05) is 0 Å². The van der Waals surface area contributed by atoms with E-state index in [9.17, 15) is 18.4 Å². The van der Waals surface area contributed by atoms with Crippen LogP contribution in [0.15, 0.2) is 22.6 Å². The van der Waals surface area contributed by atoms with Gasteiger partial charge in [-0.25, -0.2) is 13.8 Å². The molecule has 33 heavy (non-hydrogen) atoms. The molecule has 0 radical (unpaired) electrons. The molecule has 0 atom stereocenters. The molecule has 1 aromatic carbocycles. The number of aromatic nitrogens is 3. The van der Waals surface area contributed by atoms with E-state index in [1.54, 1.807) is 6.92 Å². The number of H-pyrrole nitrogens is 1. The first-order chi connectivity index (χ1) is 15.8. The maximum Gasteiger partial charge on any atom is 0.272 e. The molecular weight excluding hydrogens is 456 g/mol. The molecule has 0 unspecified atom stereocenters. The summed E-state index contributed by atoms with van der Waals surface area (Å²) < 4.78 is 32.2.